The first-order valence-corrected chi connectivity index (χ1v) is 10.9. The van der Waals surface area contributed by atoms with Crippen molar-refractivity contribution in [1.29, 1.82) is 0 Å². The Morgan fingerprint density at radius 2 is 1.12 bits per heavy atom. The molecule has 5 amide bonds. The fourth-order valence-electron chi connectivity index (χ4n) is 6.03. The van der Waals surface area contributed by atoms with Gasteiger partial charge in [-0.05, 0) is 11.1 Å². The number of hydrogen-bond donors (Lipinski definition) is 0. The molecule has 0 N–H and O–H groups in total. The lowest BCUT2D eigenvalue weighted by Gasteiger charge is -2.48. The van der Waals surface area contributed by atoms with E-state index in [-0.39, 0.29) is 12.6 Å². The Morgan fingerprint density at radius 1 is 0.667 bits per heavy atom. The molecule has 0 radical (unpaired) electrons. The molecule has 3 aliphatic heterocycles. The molecular weight excluding hydrogens is 416 g/mol. The molecule has 2 atom stereocenters. The van der Waals surface area contributed by atoms with Gasteiger partial charge in [0.15, 0.2) is 5.66 Å². The molecule has 2 fully saturated rings. The average molecular weight is 438 g/mol. The summed E-state index contributed by atoms with van der Waals surface area (Å²) in [6.07, 6.45) is 0.563. The van der Waals surface area contributed by atoms with Gasteiger partial charge in [0.2, 0.25) is 12.1 Å². The summed E-state index contributed by atoms with van der Waals surface area (Å²) >= 11 is 0. The van der Waals surface area contributed by atoms with Crippen LogP contribution in [-0.2, 0) is 29.2 Å². The Morgan fingerprint density at radius 3 is 1.64 bits per heavy atom. The number of likely N-dealkylation sites (N-methyl/N-ethyl adjacent to an activating group) is 1. The third-order valence-corrected chi connectivity index (χ3v) is 7.29. The number of urea groups is 2. The van der Waals surface area contributed by atoms with Crippen LogP contribution in [0.25, 0.3) is 0 Å². The maximum Gasteiger partial charge on any atom is 0.331 e. The molecule has 0 aromatic heterocycles. The number of carbonyl (C=O) groups excluding carboxylic acids is 3. The van der Waals surface area contributed by atoms with Crippen LogP contribution in [0.4, 0.5) is 9.59 Å². The van der Waals surface area contributed by atoms with E-state index in [2.05, 4.69) is 0 Å². The maximum atomic E-state index is 14.0. The standard InChI is InChI=1S/C26H22N4O3/c1-27-23(32)28-16-19-10-8-9-11-20(19)17-29-24(33)30(18-31)25(27,21-12-4-2-5-13-21)26(28,29)22-14-6-3-7-15-22/h2-15,18H,16-17H2,1H3/t25-,26+/m0/s1. The van der Waals surface area contributed by atoms with Gasteiger partial charge in [-0.2, -0.15) is 0 Å². The van der Waals surface area contributed by atoms with Gasteiger partial charge >= 0.3 is 12.1 Å². The highest BCUT2D eigenvalue weighted by Gasteiger charge is 2.79. The number of amides is 5. The molecule has 3 heterocycles. The fraction of sp³-hybridized carbons (Fsp3) is 0.192. The van der Waals surface area contributed by atoms with Gasteiger partial charge in [0.05, 0.1) is 13.1 Å². The lowest BCUT2D eigenvalue weighted by Crippen LogP contribution is -2.62. The molecule has 0 saturated carbocycles. The maximum absolute atomic E-state index is 14.0. The van der Waals surface area contributed by atoms with E-state index in [4.69, 9.17) is 0 Å². The number of rotatable bonds is 3. The van der Waals surface area contributed by atoms with Crippen molar-refractivity contribution in [2.45, 2.75) is 24.4 Å². The molecule has 3 aromatic rings. The van der Waals surface area contributed by atoms with Gasteiger partial charge in [0.25, 0.3) is 0 Å². The topological polar surface area (TPSA) is 64.2 Å². The minimum atomic E-state index is -1.38. The van der Waals surface area contributed by atoms with Crippen LogP contribution >= 0.6 is 0 Å². The van der Waals surface area contributed by atoms with Gasteiger partial charge in [-0.25, -0.2) is 14.5 Å². The van der Waals surface area contributed by atoms with E-state index in [1.165, 1.54) is 4.90 Å². The molecule has 7 heteroatoms. The minimum absolute atomic E-state index is 0.247. The number of hydrogen-bond acceptors (Lipinski definition) is 3. The summed E-state index contributed by atoms with van der Waals surface area (Å²) in [5, 5.41) is 0. The van der Waals surface area contributed by atoms with E-state index in [0.29, 0.717) is 18.5 Å². The third-order valence-electron chi connectivity index (χ3n) is 7.29. The fourth-order valence-corrected chi connectivity index (χ4v) is 6.03. The lowest BCUT2D eigenvalue weighted by atomic mass is 9.80. The summed E-state index contributed by atoms with van der Waals surface area (Å²) in [6.45, 7) is 0.597. The lowest BCUT2D eigenvalue weighted by molar-refractivity contribution is -0.129. The molecule has 3 aliphatic rings. The van der Waals surface area contributed by atoms with Gasteiger partial charge in [-0.1, -0.05) is 84.9 Å². The van der Waals surface area contributed by atoms with Crippen molar-refractivity contribution in [2.24, 2.45) is 0 Å². The summed E-state index contributed by atoms with van der Waals surface area (Å²) in [7, 11) is 1.67. The van der Waals surface area contributed by atoms with Crippen molar-refractivity contribution in [1.82, 2.24) is 19.6 Å². The summed E-state index contributed by atoms with van der Waals surface area (Å²) < 4.78 is 0. The molecule has 0 unspecified atom stereocenters. The highest BCUT2D eigenvalue weighted by atomic mass is 16.2. The van der Waals surface area contributed by atoms with Crippen LogP contribution in [0.1, 0.15) is 22.3 Å². The zero-order valence-electron chi connectivity index (χ0n) is 18.1. The smallest absolute Gasteiger partial charge is 0.296 e. The zero-order chi connectivity index (χ0) is 22.8. The number of fused-ring (bicyclic) bond motifs is 1. The SMILES string of the molecule is CN1C(=O)N2Cc3ccccc3CN3C(=O)N(C=O)[C@@]1(c1ccccc1)[C@]23c1ccccc1. The van der Waals surface area contributed by atoms with Crippen molar-refractivity contribution >= 4 is 18.5 Å². The quantitative estimate of drug-likeness (QED) is 0.586. The number of nitrogens with zero attached hydrogens (tertiary/aromatic N) is 4. The summed E-state index contributed by atoms with van der Waals surface area (Å²) in [4.78, 5) is 46.8. The Kier molecular flexibility index (Phi) is 3.96. The van der Waals surface area contributed by atoms with Gasteiger partial charge in [0.1, 0.15) is 0 Å². The van der Waals surface area contributed by atoms with Crippen molar-refractivity contribution < 1.29 is 14.4 Å². The molecule has 33 heavy (non-hydrogen) atoms. The van der Waals surface area contributed by atoms with E-state index < -0.39 is 17.4 Å². The Bertz CT molecular complexity index is 1280. The zero-order valence-corrected chi connectivity index (χ0v) is 18.1. The molecule has 3 aromatic carbocycles. The number of benzene rings is 3. The normalized spacial score (nSPS) is 25.7. The van der Waals surface area contributed by atoms with Crippen LogP contribution < -0.4 is 0 Å². The monoisotopic (exact) mass is 438 g/mol. The van der Waals surface area contributed by atoms with E-state index in [0.717, 1.165) is 16.7 Å². The molecule has 164 valence electrons. The Balaban J connectivity index is 1.78. The highest BCUT2D eigenvalue weighted by molar-refractivity contribution is 5.95. The molecule has 7 nitrogen and oxygen atoms in total. The Labute approximate surface area is 191 Å². The van der Waals surface area contributed by atoms with Crippen LogP contribution in [0.2, 0.25) is 0 Å². The van der Waals surface area contributed by atoms with Crippen LogP contribution in [0, 0.1) is 0 Å². The van der Waals surface area contributed by atoms with Crippen LogP contribution in [-0.4, -0.2) is 45.1 Å². The minimum Gasteiger partial charge on any atom is -0.296 e. The second kappa shape index (κ2) is 6.68. The number of carbonyl (C=O) groups is 3. The van der Waals surface area contributed by atoms with Gasteiger partial charge < -0.3 is 0 Å². The van der Waals surface area contributed by atoms with Crippen molar-refractivity contribution in [3.63, 3.8) is 0 Å². The van der Waals surface area contributed by atoms with Gasteiger partial charge in [0, 0.05) is 18.2 Å². The first-order chi connectivity index (χ1) is 16.1. The van der Waals surface area contributed by atoms with E-state index >= 15 is 0 Å². The van der Waals surface area contributed by atoms with E-state index in [1.807, 2.05) is 84.9 Å². The van der Waals surface area contributed by atoms with E-state index in [1.54, 1.807) is 21.7 Å². The molecule has 6 rings (SSSR count). The van der Waals surface area contributed by atoms with Crippen LogP contribution in [0.5, 0.6) is 0 Å². The molecule has 0 spiro atoms. The summed E-state index contributed by atoms with van der Waals surface area (Å²) in [6, 6.07) is 26.1. The summed E-state index contributed by atoms with van der Waals surface area (Å²) in [5.74, 6) is 0. The largest absolute Gasteiger partial charge is 0.331 e. The van der Waals surface area contributed by atoms with Gasteiger partial charge in [-0.15, -0.1) is 0 Å². The second-order valence-electron chi connectivity index (χ2n) is 8.62. The highest BCUT2D eigenvalue weighted by Crippen LogP contribution is 2.62. The van der Waals surface area contributed by atoms with Crippen LogP contribution in [0.15, 0.2) is 84.9 Å². The number of imide groups is 1. The molecule has 0 aliphatic carbocycles. The van der Waals surface area contributed by atoms with Crippen LogP contribution in [0.3, 0.4) is 0 Å². The predicted molar refractivity (Wildman–Crippen MR) is 120 cm³/mol. The predicted octanol–water partition coefficient (Wildman–Crippen LogP) is 3.67. The first kappa shape index (κ1) is 19.5. The Hall–Kier alpha value is -4.13. The third kappa shape index (κ3) is 2.12. The average Bonchev–Trinajstić information content (AvgIpc) is 3.10. The van der Waals surface area contributed by atoms with Crippen molar-refractivity contribution in [3.05, 3.63) is 107 Å². The summed E-state index contributed by atoms with van der Waals surface area (Å²) in [5.41, 5.74) is 0.781. The first-order valence-electron chi connectivity index (χ1n) is 10.9. The second-order valence-corrected chi connectivity index (χ2v) is 8.62. The van der Waals surface area contributed by atoms with E-state index in [9.17, 15) is 14.4 Å². The molecular formula is C26H22N4O3. The van der Waals surface area contributed by atoms with Crippen molar-refractivity contribution in [3.8, 4) is 0 Å². The van der Waals surface area contributed by atoms with Crippen molar-refractivity contribution in [2.75, 3.05) is 7.05 Å². The molecule has 2 saturated heterocycles. The van der Waals surface area contributed by atoms with Gasteiger partial charge in [-0.3, -0.25) is 19.5 Å². The molecule has 0 bridgehead atoms.